The molecule has 0 fully saturated rings. The van der Waals surface area contributed by atoms with E-state index in [9.17, 15) is 19.2 Å². The molecule has 0 saturated carbocycles. The number of hydrogen-bond acceptors (Lipinski definition) is 6. The van der Waals surface area contributed by atoms with Crippen LogP contribution in [0.15, 0.2) is 48.5 Å². The fourth-order valence-electron chi connectivity index (χ4n) is 2.91. The molecule has 1 aliphatic heterocycles. The average Bonchev–Trinajstić information content (AvgIpc) is 2.72. The zero-order chi connectivity index (χ0) is 20.1. The largest absolute Gasteiger partial charge is 0.497 e. The number of methoxy groups -OCH3 is 1. The van der Waals surface area contributed by atoms with Crippen LogP contribution in [-0.4, -0.2) is 48.7 Å². The van der Waals surface area contributed by atoms with E-state index in [0.717, 1.165) is 4.90 Å². The van der Waals surface area contributed by atoms with Gasteiger partial charge in [-0.1, -0.05) is 18.2 Å². The maximum absolute atomic E-state index is 12.4. The van der Waals surface area contributed by atoms with E-state index in [-0.39, 0.29) is 31.1 Å². The summed E-state index contributed by atoms with van der Waals surface area (Å²) in [5.74, 6) is -1.16. The fourth-order valence-corrected chi connectivity index (χ4v) is 2.91. The fraction of sp³-hybridized carbons (Fsp3) is 0.238. The maximum atomic E-state index is 12.4. The van der Waals surface area contributed by atoms with Crippen molar-refractivity contribution >= 4 is 23.6 Å². The maximum Gasteiger partial charge on any atom is 0.308 e. The number of carbonyl (C=O) groups excluding carboxylic acids is 4. The second-order valence-electron chi connectivity index (χ2n) is 6.25. The van der Waals surface area contributed by atoms with E-state index in [1.807, 2.05) is 0 Å². The van der Waals surface area contributed by atoms with Gasteiger partial charge in [0.05, 0.1) is 20.0 Å². The molecule has 0 unspecified atom stereocenters. The highest BCUT2D eigenvalue weighted by atomic mass is 16.5. The number of benzene rings is 2. The Bertz CT molecular complexity index is 919. The highest BCUT2D eigenvalue weighted by Crippen LogP contribution is 2.19. The first-order chi connectivity index (χ1) is 13.5. The van der Waals surface area contributed by atoms with Crippen LogP contribution >= 0.6 is 0 Å². The number of nitrogens with zero attached hydrogens (tertiary/aromatic N) is 1. The predicted molar refractivity (Wildman–Crippen MR) is 99.1 cm³/mol. The Morgan fingerprint density at radius 1 is 1.04 bits per heavy atom. The van der Waals surface area contributed by atoms with E-state index in [2.05, 4.69) is 0 Å². The molecule has 7 heteroatoms. The van der Waals surface area contributed by atoms with Gasteiger partial charge < -0.3 is 9.47 Å². The van der Waals surface area contributed by atoms with Gasteiger partial charge in [-0.3, -0.25) is 24.1 Å². The summed E-state index contributed by atoms with van der Waals surface area (Å²) < 4.78 is 10.00. The third-order valence-electron chi connectivity index (χ3n) is 4.45. The van der Waals surface area contributed by atoms with Gasteiger partial charge in [-0.05, 0) is 35.9 Å². The van der Waals surface area contributed by atoms with Crippen LogP contribution in [0.5, 0.6) is 5.75 Å². The number of imide groups is 1. The minimum atomic E-state index is -0.652. The summed E-state index contributed by atoms with van der Waals surface area (Å²) in [6.07, 6.45) is -0.0531. The molecule has 0 aliphatic carbocycles. The lowest BCUT2D eigenvalue weighted by Crippen LogP contribution is -2.43. The molecule has 1 aliphatic rings. The summed E-state index contributed by atoms with van der Waals surface area (Å²) >= 11 is 0. The number of ether oxygens (including phenoxy) is 2. The molecule has 3 rings (SSSR count). The standard InChI is InChI=1S/C21H19NO6/c1-27-16-8-6-14(7-9-16)18(23)13-28-20(25)10-11-22-19(24)12-15-4-2-3-5-17(15)21(22)26/h2-9H,10-13H2,1H3. The van der Waals surface area contributed by atoms with Gasteiger partial charge in [0.15, 0.2) is 12.4 Å². The Hall–Kier alpha value is -3.48. The summed E-state index contributed by atoms with van der Waals surface area (Å²) in [6, 6.07) is 13.3. The SMILES string of the molecule is COc1ccc(C(=O)COC(=O)CCN2C(=O)Cc3ccccc3C2=O)cc1. The van der Waals surface area contributed by atoms with Crippen molar-refractivity contribution in [1.82, 2.24) is 4.90 Å². The summed E-state index contributed by atoms with van der Waals surface area (Å²) in [6.45, 7) is -0.489. The van der Waals surface area contributed by atoms with Crippen molar-refractivity contribution < 1.29 is 28.7 Å². The van der Waals surface area contributed by atoms with Crippen LogP contribution in [0.25, 0.3) is 0 Å². The molecular weight excluding hydrogens is 362 g/mol. The van der Waals surface area contributed by atoms with Crippen LogP contribution in [0.1, 0.15) is 32.7 Å². The Labute approximate surface area is 161 Å². The van der Waals surface area contributed by atoms with Gasteiger partial charge >= 0.3 is 5.97 Å². The number of carbonyl (C=O) groups is 4. The van der Waals surface area contributed by atoms with Gasteiger partial charge in [-0.2, -0.15) is 0 Å². The van der Waals surface area contributed by atoms with Crippen molar-refractivity contribution in [3.05, 3.63) is 65.2 Å². The molecule has 2 amide bonds. The van der Waals surface area contributed by atoms with Gasteiger partial charge in [-0.15, -0.1) is 0 Å². The topological polar surface area (TPSA) is 90.0 Å². The number of fused-ring (bicyclic) bond motifs is 1. The molecule has 0 bridgehead atoms. The lowest BCUT2D eigenvalue weighted by molar-refractivity contribution is -0.143. The molecule has 0 spiro atoms. The third-order valence-corrected chi connectivity index (χ3v) is 4.45. The van der Waals surface area contributed by atoms with Crippen molar-refractivity contribution in [3.63, 3.8) is 0 Å². The normalized spacial score (nSPS) is 13.1. The van der Waals surface area contributed by atoms with Crippen molar-refractivity contribution in [2.45, 2.75) is 12.8 Å². The number of rotatable bonds is 7. The zero-order valence-electron chi connectivity index (χ0n) is 15.3. The Kier molecular flexibility index (Phi) is 5.84. The van der Waals surface area contributed by atoms with Crippen LogP contribution in [0, 0.1) is 0 Å². The molecule has 7 nitrogen and oxygen atoms in total. The van der Waals surface area contributed by atoms with E-state index < -0.39 is 18.5 Å². The summed E-state index contributed by atoms with van der Waals surface area (Å²) in [5, 5.41) is 0. The molecule has 0 atom stereocenters. The summed E-state index contributed by atoms with van der Waals surface area (Å²) in [7, 11) is 1.52. The third kappa shape index (κ3) is 4.25. The number of ketones is 1. The number of hydrogen-bond donors (Lipinski definition) is 0. The second kappa shape index (κ2) is 8.47. The van der Waals surface area contributed by atoms with Crippen molar-refractivity contribution in [2.24, 2.45) is 0 Å². The lowest BCUT2D eigenvalue weighted by atomic mass is 9.98. The first kappa shape index (κ1) is 19.3. The Balaban J connectivity index is 1.51. The molecule has 0 saturated heterocycles. The molecule has 2 aromatic rings. The summed E-state index contributed by atoms with van der Waals surface area (Å²) in [4.78, 5) is 49.7. The number of Topliss-reactive ketones (excluding diaryl/α,β-unsaturated/α-hetero) is 1. The van der Waals surface area contributed by atoms with Crippen molar-refractivity contribution in [3.8, 4) is 5.75 Å². The highest BCUT2D eigenvalue weighted by molar-refractivity contribution is 6.09. The molecule has 2 aromatic carbocycles. The quantitative estimate of drug-likeness (QED) is 0.414. The Morgan fingerprint density at radius 3 is 2.46 bits per heavy atom. The summed E-state index contributed by atoms with van der Waals surface area (Å²) in [5.41, 5.74) is 1.54. The van der Waals surface area contributed by atoms with E-state index in [1.165, 1.54) is 7.11 Å². The minimum Gasteiger partial charge on any atom is -0.497 e. The van der Waals surface area contributed by atoms with Gasteiger partial charge in [0, 0.05) is 17.7 Å². The van der Waals surface area contributed by atoms with E-state index >= 15 is 0 Å². The highest BCUT2D eigenvalue weighted by Gasteiger charge is 2.30. The predicted octanol–water partition coefficient (Wildman–Crippen LogP) is 2.04. The van der Waals surface area contributed by atoms with Crippen LogP contribution in [0.3, 0.4) is 0 Å². The molecule has 1 heterocycles. The minimum absolute atomic E-state index is 0.0818. The van der Waals surface area contributed by atoms with Crippen LogP contribution in [-0.2, 0) is 20.7 Å². The molecule has 144 valence electrons. The monoisotopic (exact) mass is 381 g/mol. The molecule has 0 radical (unpaired) electrons. The zero-order valence-corrected chi connectivity index (χ0v) is 15.3. The molecule has 28 heavy (non-hydrogen) atoms. The molecule has 0 N–H and O–H groups in total. The molecule has 0 aromatic heterocycles. The number of esters is 1. The first-order valence-electron chi connectivity index (χ1n) is 8.75. The molecular formula is C21H19NO6. The van der Waals surface area contributed by atoms with E-state index in [0.29, 0.717) is 22.4 Å². The van der Waals surface area contributed by atoms with Crippen molar-refractivity contribution in [1.29, 1.82) is 0 Å². The van der Waals surface area contributed by atoms with Crippen LogP contribution in [0.2, 0.25) is 0 Å². The lowest BCUT2D eigenvalue weighted by Gasteiger charge is -2.26. The van der Waals surface area contributed by atoms with Gasteiger partial charge in [0.25, 0.3) is 5.91 Å². The second-order valence-corrected chi connectivity index (χ2v) is 6.25. The average molecular weight is 381 g/mol. The van der Waals surface area contributed by atoms with E-state index in [4.69, 9.17) is 9.47 Å². The van der Waals surface area contributed by atoms with Crippen molar-refractivity contribution in [2.75, 3.05) is 20.3 Å². The van der Waals surface area contributed by atoms with Gasteiger partial charge in [0.1, 0.15) is 5.75 Å². The smallest absolute Gasteiger partial charge is 0.308 e. The Morgan fingerprint density at radius 2 is 1.75 bits per heavy atom. The van der Waals surface area contributed by atoms with Gasteiger partial charge in [0.2, 0.25) is 5.91 Å². The van der Waals surface area contributed by atoms with E-state index in [1.54, 1.807) is 48.5 Å². The first-order valence-corrected chi connectivity index (χ1v) is 8.75. The number of amides is 2. The van der Waals surface area contributed by atoms with Crippen LogP contribution in [0.4, 0.5) is 0 Å². The van der Waals surface area contributed by atoms with Gasteiger partial charge in [-0.25, -0.2) is 0 Å². The van der Waals surface area contributed by atoms with Crippen LogP contribution < -0.4 is 4.74 Å².